The van der Waals surface area contributed by atoms with Gasteiger partial charge in [-0.25, -0.2) is 0 Å². The molecular weight excluding hydrogens is 308 g/mol. The third-order valence-corrected chi connectivity index (χ3v) is 3.01. The number of carbonyl (C=O) groups excluding carboxylic acids is 2. The maximum atomic E-state index is 11.4. The molecule has 0 unspecified atom stereocenters. The average Bonchev–Trinajstić information content (AvgIpc) is 2.45. The molecule has 2 aromatic rings. The lowest BCUT2D eigenvalue weighted by molar-refractivity contribution is -0.251. The van der Waals surface area contributed by atoms with E-state index in [0.29, 0.717) is 16.3 Å². The first kappa shape index (κ1) is 15.7. The van der Waals surface area contributed by atoms with Gasteiger partial charge >= 0.3 is 0 Å². The molecule has 7 heteroatoms. The quantitative estimate of drug-likeness (QED) is 0.874. The fourth-order valence-corrected chi connectivity index (χ4v) is 1.97. The Morgan fingerprint density at radius 1 is 1.23 bits per heavy atom. The van der Waals surface area contributed by atoms with Crippen molar-refractivity contribution in [1.82, 2.24) is 5.32 Å². The maximum absolute atomic E-state index is 11.4. The fraction of sp³-hybridized carbons (Fsp3) is 0.0667. The second-order valence-corrected chi connectivity index (χ2v) is 4.83. The van der Waals surface area contributed by atoms with E-state index in [1.54, 1.807) is 24.3 Å². The largest absolute Gasteiger partial charge is 0.530 e. The summed E-state index contributed by atoms with van der Waals surface area (Å²) < 4.78 is 5.62. The highest BCUT2D eigenvalue weighted by Crippen LogP contribution is 2.28. The average molecular weight is 320 g/mol. The third kappa shape index (κ3) is 4.13. The molecule has 0 aliphatic carbocycles. The smallest absolute Gasteiger partial charge is 0.252 e. The zero-order valence-electron chi connectivity index (χ0n) is 11.3. The molecule has 3 N–H and O–H groups in total. The summed E-state index contributed by atoms with van der Waals surface area (Å²) in [5.41, 5.74) is 6.15. The summed E-state index contributed by atoms with van der Waals surface area (Å²) >= 11 is 5.89. The Bertz CT molecular complexity index is 718. The van der Waals surface area contributed by atoms with Gasteiger partial charge in [0.1, 0.15) is 17.6 Å². The summed E-state index contributed by atoms with van der Waals surface area (Å²) in [4.78, 5) is 21.8. The molecule has 2 amide bonds. The first-order valence-corrected chi connectivity index (χ1v) is 6.64. The number of amides is 2. The molecule has 114 valence electrons. The lowest BCUT2D eigenvalue weighted by Gasteiger charge is -2.11. The molecule has 0 bridgehead atoms. The van der Waals surface area contributed by atoms with Crippen molar-refractivity contribution in [3.63, 3.8) is 0 Å². The van der Waals surface area contributed by atoms with Gasteiger partial charge in [0.05, 0.1) is 5.56 Å². The Labute approximate surface area is 131 Å². The Morgan fingerprint density at radius 2 is 2.00 bits per heavy atom. The van der Waals surface area contributed by atoms with Crippen molar-refractivity contribution in [2.75, 3.05) is 0 Å². The van der Waals surface area contributed by atoms with Gasteiger partial charge in [-0.1, -0.05) is 23.7 Å². The van der Waals surface area contributed by atoms with E-state index in [9.17, 15) is 14.7 Å². The van der Waals surface area contributed by atoms with Crippen molar-refractivity contribution in [2.45, 2.75) is 6.54 Å². The van der Waals surface area contributed by atoms with Crippen molar-refractivity contribution in [1.29, 1.82) is 0 Å². The minimum absolute atomic E-state index is 0.0811. The Balaban J connectivity index is 2.24. The van der Waals surface area contributed by atoms with Crippen LogP contribution < -0.4 is 20.9 Å². The predicted molar refractivity (Wildman–Crippen MR) is 78.7 cm³/mol. The highest BCUT2D eigenvalue weighted by Gasteiger charge is 2.11. The molecular formula is C15H12ClN2O4-. The zero-order chi connectivity index (χ0) is 16.1. The van der Waals surface area contributed by atoms with Crippen molar-refractivity contribution in [2.24, 2.45) is 5.73 Å². The van der Waals surface area contributed by atoms with Gasteiger partial charge in [0, 0.05) is 17.6 Å². The van der Waals surface area contributed by atoms with Crippen LogP contribution in [0.2, 0.25) is 5.02 Å². The Morgan fingerprint density at radius 3 is 2.68 bits per heavy atom. The first-order valence-electron chi connectivity index (χ1n) is 6.26. The molecule has 0 saturated heterocycles. The number of carbonyl (C=O) groups is 2. The zero-order valence-corrected chi connectivity index (χ0v) is 12.1. The van der Waals surface area contributed by atoms with E-state index in [-0.39, 0.29) is 17.9 Å². The van der Waals surface area contributed by atoms with Crippen LogP contribution in [-0.2, 0) is 6.54 Å². The fourth-order valence-electron chi connectivity index (χ4n) is 1.80. The molecule has 0 heterocycles. The highest BCUT2D eigenvalue weighted by atomic mass is 35.5. The summed E-state index contributed by atoms with van der Waals surface area (Å²) in [7, 11) is 0. The van der Waals surface area contributed by atoms with Gasteiger partial charge in [0.2, 0.25) is 0 Å². The van der Waals surface area contributed by atoms with Crippen LogP contribution in [0, 0.1) is 0 Å². The molecule has 0 fully saturated rings. The van der Waals surface area contributed by atoms with Gasteiger partial charge in [-0.2, -0.15) is 0 Å². The van der Waals surface area contributed by atoms with Crippen LogP contribution in [0.1, 0.15) is 15.9 Å². The van der Waals surface area contributed by atoms with Gasteiger partial charge in [0.15, 0.2) is 0 Å². The summed E-state index contributed by atoms with van der Waals surface area (Å²) in [6, 6.07) is 11.2. The van der Waals surface area contributed by atoms with Crippen molar-refractivity contribution in [3.8, 4) is 11.5 Å². The molecule has 22 heavy (non-hydrogen) atoms. The number of carboxylic acid groups (broad SMARTS) is 1. The molecule has 2 aromatic carbocycles. The number of nitrogens with two attached hydrogens (primary N) is 1. The minimum atomic E-state index is -1.36. The number of primary amides is 1. The number of hydrogen-bond donors (Lipinski definition) is 2. The summed E-state index contributed by atoms with van der Waals surface area (Å²) in [6.07, 6.45) is -1.36. The number of hydrogen-bond acceptors (Lipinski definition) is 4. The molecule has 2 rings (SSSR count). The molecule has 0 saturated carbocycles. The monoisotopic (exact) mass is 319 g/mol. The summed E-state index contributed by atoms with van der Waals surface area (Å²) in [6.45, 7) is 0.0811. The van der Waals surface area contributed by atoms with Crippen LogP contribution >= 0.6 is 11.6 Å². The van der Waals surface area contributed by atoms with Crippen LogP contribution in [0.25, 0.3) is 0 Å². The Kier molecular flexibility index (Phi) is 4.85. The topological polar surface area (TPSA) is 104 Å². The van der Waals surface area contributed by atoms with Crippen LogP contribution in [0.4, 0.5) is 4.79 Å². The van der Waals surface area contributed by atoms with Crippen molar-refractivity contribution < 1.29 is 19.4 Å². The lowest BCUT2D eigenvalue weighted by atomic mass is 10.2. The third-order valence-electron chi connectivity index (χ3n) is 2.77. The lowest BCUT2D eigenvalue weighted by Crippen LogP contribution is -2.35. The number of ether oxygens (including phenoxy) is 1. The van der Waals surface area contributed by atoms with Crippen LogP contribution in [0.3, 0.4) is 0 Å². The SMILES string of the molecule is NC(=O)c1ccc(Cl)cc1Oc1cccc(CNC(=O)[O-])c1. The van der Waals surface area contributed by atoms with Crippen molar-refractivity contribution in [3.05, 3.63) is 58.6 Å². The normalized spacial score (nSPS) is 10.0. The van der Waals surface area contributed by atoms with Gasteiger partial charge < -0.3 is 25.7 Å². The molecule has 0 aliphatic heterocycles. The molecule has 0 aromatic heterocycles. The minimum Gasteiger partial charge on any atom is -0.530 e. The number of rotatable bonds is 5. The van der Waals surface area contributed by atoms with E-state index in [2.05, 4.69) is 5.32 Å². The first-order chi connectivity index (χ1) is 10.5. The number of benzene rings is 2. The summed E-state index contributed by atoms with van der Waals surface area (Å²) in [5, 5.41) is 12.9. The van der Waals surface area contributed by atoms with E-state index in [4.69, 9.17) is 22.1 Å². The predicted octanol–water partition coefficient (Wildman–Crippen LogP) is 1.66. The number of nitrogens with one attached hydrogen (secondary N) is 1. The molecule has 0 spiro atoms. The molecule has 0 radical (unpaired) electrons. The maximum Gasteiger partial charge on any atom is 0.252 e. The van der Waals surface area contributed by atoms with E-state index in [1.165, 1.54) is 18.2 Å². The van der Waals surface area contributed by atoms with Crippen LogP contribution in [0.15, 0.2) is 42.5 Å². The molecule has 0 atom stereocenters. The van der Waals surface area contributed by atoms with E-state index in [0.717, 1.165) is 0 Å². The standard InChI is InChI=1S/C15H13ClN2O4/c16-10-4-5-12(14(17)19)13(7-10)22-11-3-1-2-9(6-11)8-18-15(20)21/h1-7,18H,8H2,(H2,17,19)(H,20,21)/p-1. The van der Waals surface area contributed by atoms with Gasteiger partial charge in [-0.3, -0.25) is 4.79 Å². The van der Waals surface area contributed by atoms with E-state index in [1.807, 2.05) is 0 Å². The van der Waals surface area contributed by atoms with E-state index >= 15 is 0 Å². The number of halogens is 1. The van der Waals surface area contributed by atoms with Gasteiger partial charge in [-0.05, 0) is 29.8 Å². The van der Waals surface area contributed by atoms with Crippen molar-refractivity contribution >= 4 is 23.6 Å². The van der Waals surface area contributed by atoms with Gasteiger partial charge in [0.25, 0.3) is 5.91 Å². The Hall–Kier alpha value is -2.73. The summed E-state index contributed by atoms with van der Waals surface area (Å²) in [5.74, 6) is 0.00821. The highest BCUT2D eigenvalue weighted by molar-refractivity contribution is 6.30. The molecule has 6 nitrogen and oxygen atoms in total. The van der Waals surface area contributed by atoms with Crippen LogP contribution in [0.5, 0.6) is 11.5 Å². The second kappa shape index (κ2) is 6.82. The van der Waals surface area contributed by atoms with Crippen LogP contribution in [-0.4, -0.2) is 12.0 Å². The van der Waals surface area contributed by atoms with Gasteiger partial charge in [-0.15, -0.1) is 0 Å². The second-order valence-electron chi connectivity index (χ2n) is 4.40. The van der Waals surface area contributed by atoms with E-state index < -0.39 is 12.0 Å². The molecule has 0 aliphatic rings.